The van der Waals surface area contributed by atoms with Crippen LogP contribution in [-0.2, 0) is 18.9 Å². The van der Waals surface area contributed by atoms with E-state index in [4.69, 9.17) is 9.47 Å². The number of rotatable bonds is 6. The van der Waals surface area contributed by atoms with Gasteiger partial charge in [0.15, 0.2) is 17.5 Å². The number of fused-ring (bicyclic) bond motifs is 1. The number of nitrogens with one attached hydrogen (secondary N) is 2. The third-order valence-corrected chi connectivity index (χ3v) is 5.63. The summed E-state index contributed by atoms with van der Waals surface area (Å²) in [4.78, 5) is 4.40. The first-order chi connectivity index (χ1) is 13.7. The van der Waals surface area contributed by atoms with Crippen LogP contribution < -0.4 is 20.1 Å². The van der Waals surface area contributed by atoms with Gasteiger partial charge in [0.05, 0.1) is 5.69 Å². The molecule has 1 unspecified atom stereocenters. The lowest BCUT2D eigenvalue weighted by atomic mass is 9.84. The number of aromatic nitrogens is 2. The quantitative estimate of drug-likeness (QED) is 0.342. The van der Waals surface area contributed by atoms with Crippen LogP contribution in [0.1, 0.15) is 43.3 Å². The van der Waals surface area contributed by atoms with Gasteiger partial charge in [0.25, 0.3) is 0 Å². The summed E-state index contributed by atoms with van der Waals surface area (Å²) in [6.07, 6.45) is 0.901. The molecular weight excluding hydrogens is 493 g/mol. The van der Waals surface area contributed by atoms with E-state index in [1.807, 2.05) is 17.8 Å². The summed E-state index contributed by atoms with van der Waals surface area (Å²) >= 11 is 0. The first-order valence-corrected chi connectivity index (χ1v) is 10.1. The van der Waals surface area contributed by atoms with Gasteiger partial charge < -0.3 is 20.1 Å². The molecule has 1 aliphatic heterocycles. The smallest absolute Gasteiger partial charge is 0.231 e. The molecule has 2 aromatic rings. The van der Waals surface area contributed by atoms with Crippen molar-refractivity contribution in [2.45, 2.75) is 52.5 Å². The summed E-state index contributed by atoms with van der Waals surface area (Å²) in [7, 11) is 3.79. The molecule has 0 amide bonds. The molecule has 2 N–H and O–H groups in total. The highest BCUT2D eigenvalue weighted by Gasteiger charge is 2.24. The van der Waals surface area contributed by atoms with Crippen LogP contribution in [0.2, 0.25) is 0 Å². The molecule has 166 valence electrons. The average molecular weight is 527 g/mol. The van der Waals surface area contributed by atoms with E-state index in [2.05, 4.69) is 67.5 Å². The zero-order valence-corrected chi connectivity index (χ0v) is 21.3. The standard InChI is InChI=1S/C22H33N5O2.HI/c1-14(10-18-15(2)26-27(7)16(18)3)25-21(23-6)24-12-22(4,5)17-8-9-19-20(11-17)29-13-28-19;/h8-9,11,14H,10,12-13H2,1-7H3,(H2,23,24,25);1H. The van der Waals surface area contributed by atoms with Gasteiger partial charge in [0, 0.05) is 37.8 Å². The lowest BCUT2D eigenvalue weighted by Crippen LogP contribution is -2.47. The van der Waals surface area contributed by atoms with Crippen LogP contribution >= 0.6 is 24.0 Å². The Hall–Kier alpha value is -1.97. The Morgan fingerprint density at radius 3 is 2.60 bits per heavy atom. The van der Waals surface area contributed by atoms with E-state index < -0.39 is 0 Å². The van der Waals surface area contributed by atoms with Crippen molar-refractivity contribution in [3.8, 4) is 11.5 Å². The van der Waals surface area contributed by atoms with Gasteiger partial charge in [-0.05, 0) is 50.5 Å². The highest BCUT2D eigenvalue weighted by Crippen LogP contribution is 2.36. The topological polar surface area (TPSA) is 72.7 Å². The summed E-state index contributed by atoms with van der Waals surface area (Å²) < 4.78 is 12.9. The second-order valence-corrected chi connectivity index (χ2v) is 8.40. The maximum absolute atomic E-state index is 5.53. The van der Waals surface area contributed by atoms with Crippen molar-refractivity contribution in [3.63, 3.8) is 0 Å². The number of aliphatic imine (C=N–C) groups is 1. The van der Waals surface area contributed by atoms with Crippen molar-refractivity contribution in [1.29, 1.82) is 0 Å². The van der Waals surface area contributed by atoms with Gasteiger partial charge in [0.2, 0.25) is 6.79 Å². The highest BCUT2D eigenvalue weighted by atomic mass is 127. The summed E-state index contributed by atoms with van der Waals surface area (Å²) in [5, 5.41) is 11.5. The molecule has 30 heavy (non-hydrogen) atoms. The van der Waals surface area contributed by atoms with Gasteiger partial charge in [-0.15, -0.1) is 24.0 Å². The van der Waals surface area contributed by atoms with Crippen LogP contribution in [0.4, 0.5) is 0 Å². The highest BCUT2D eigenvalue weighted by molar-refractivity contribution is 14.0. The monoisotopic (exact) mass is 527 g/mol. The van der Waals surface area contributed by atoms with E-state index in [0.717, 1.165) is 36.1 Å². The first-order valence-electron chi connectivity index (χ1n) is 10.1. The molecule has 3 rings (SSSR count). The molecule has 1 aliphatic rings. The minimum absolute atomic E-state index is 0. The third-order valence-electron chi connectivity index (χ3n) is 5.63. The largest absolute Gasteiger partial charge is 0.454 e. The SMILES string of the molecule is CN=C(NCC(C)(C)c1ccc2c(c1)OCO2)NC(C)Cc1c(C)nn(C)c1C.I. The normalized spacial score (nSPS) is 14.3. The van der Waals surface area contributed by atoms with Crippen molar-refractivity contribution in [3.05, 3.63) is 40.7 Å². The summed E-state index contributed by atoms with van der Waals surface area (Å²) in [6, 6.07) is 6.38. The maximum atomic E-state index is 5.53. The van der Waals surface area contributed by atoms with Crippen LogP contribution in [0.3, 0.4) is 0 Å². The van der Waals surface area contributed by atoms with Gasteiger partial charge in [-0.1, -0.05) is 19.9 Å². The van der Waals surface area contributed by atoms with Gasteiger partial charge in [-0.25, -0.2) is 0 Å². The minimum atomic E-state index is -0.0988. The lowest BCUT2D eigenvalue weighted by molar-refractivity contribution is 0.174. The molecular formula is C22H34IN5O2. The molecule has 2 heterocycles. The Labute approximate surface area is 196 Å². The van der Waals surface area contributed by atoms with E-state index in [9.17, 15) is 0 Å². The van der Waals surface area contributed by atoms with E-state index in [0.29, 0.717) is 6.79 Å². The molecule has 0 saturated carbocycles. The molecule has 0 aliphatic carbocycles. The predicted octanol–water partition coefficient (Wildman–Crippen LogP) is 3.46. The Morgan fingerprint density at radius 1 is 1.27 bits per heavy atom. The molecule has 1 atom stereocenters. The summed E-state index contributed by atoms with van der Waals surface area (Å²) in [6.45, 7) is 11.8. The molecule has 1 aromatic heterocycles. The number of aryl methyl sites for hydroxylation is 2. The maximum Gasteiger partial charge on any atom is 0.231 e. The van der Waals surface area contributed by atoms with Crippen molar-refractivity contribution >= 4 is 29.9 Å². The number of halogens is 1. The average Bonchev–Trinajstić information content (AvgIpc) is 3.24. The fourth-order valence-corrected chi connectivity index (χ4v) is 3.62. The molecule has 1 aromatic carbocycles. The molecule has 0 saturated heterocycles. The van der Waals surface area contributed by atoms with Crippen LogP contribution in [0.15, 0.2) is 23.2 Å². The van der Waals surface area contributed by atoms with Crippen molar-refractivity contribution < 1.29 is 9.47 Å². The van der Waals surface area contributed by atoms with Crippen molar-refractivity contribution in [2.24, 2.45) is 12.0 Å². The second-order valence-electron chi connectivity index (χ2n) is 8.40. The minimum Gasteiger partial charge on any atom is -0.454 e. The molecule has 0 spiro atoms. The zero-order valence-electron chi connectivity index (χ0n) is 19.0. The number of guanidine groups is 1. The van der Waals surface area contributed by atoms with Crippen LogP contribution in [-0.4, -0.2) is 42.2 Å². The first kappa shape index (κ1) is 24.3. The summed E-state index contributed by atoms with van der Waals surface area (Å²) in [5.74, 6) is 2.42. The van der Waals surface area contributed by atoms with E-state index in [1.54, 1.807) is 7.05 Å². The van der Waals surface area contributed by atoms with Gasteiger partial charge >= 0.3 is 0 Å². The molecule has 0 fully saturated rings. The van der Waals surface area contributed by atoms with Crippen molar-refractivity contribution in [2.75, 3.05) is 20.4 Å². The van der Waals surface area contributed by atoms with Crippen LogP contribution in [0.25, 0.3) is 0 Å². The van der Waals surface area contributed by atoms with E-state index in [1.165, 1.54) is 16.8 Å². The zero-order chi connectivity index (χ0) is 21.2. The Bertz CT molecular complexity index is 907. The Balaban J connectivity index is 0.00000320. The van der Waals surface area contributed by atoms with E-state index in [-0.39, 0.29) is 35.4 Å². The third kappa shape index (κ3) is 5.39. The van der Waals surface area contributed by atoms with Gasteiger partial charge in [-0.3, -0.25) is 9.67 Å². The number of benzene rings is 1. The number of hydrogen-bond acceptors (Lipinski definition) is 4. The van der Waals surface area contributed by atoms with Crippen LogP contribution in [0.5, 0.6) is 11.5 Å². The summed E-state index contributed by atoms with van der Waals surface area (Å²) in [5.41, 5.74) is 4.69. The number of nitrogens with zero attached hydrogens (tertiary/aromatic N) is 3. The fourth-order valence-electron chi connectivity index (χ4n) is 3.62. The molecule has 0 radical (unpaired) electrons. The number of hydrogen-bond donors (Lipinski definition) is 2. The Morgan fingerprint density at radius 2 is 1.97 bits per heavy atom. The van der Waals surface area contributed by atoms with E-state index >= 15 is 0 Å². The van der Waals surface area contributed by atoms with Gasteiger partial charge in [0.1, 0.15) is 0 Å². The molecule has 7 nitrogen and oxygen atoms in total. The van der Waals surface area contributed by atoms with Gasteiger partial charge in [-0.2, -0.15) is 5.10 Å². The fraction of sp³-hybridized carbons (Fsp3) is 0.545. The predicted molar refractivity (Wildman–Crippen MR) is 131 cm³/mol. The van der Waals surface area contributed by atoms with Crippen molar-refractivity contribution in [1.82, 2.24) is 20.4 Å². The number of ether oxygens (including phenoxy) is 2. The lowest BCUT2D eigenvalue weighted by Gasteiger charge is -2.28. The van der Waals surface area contributed by atoms with Crippen LogP contribution in [0, 0.1) is 13.8 Å². The Kier molecular flexibility index (Phi) is 8.01. The molecule has 0 bridgehead atoms. The second kappa shape index (κ2) is 9.89. The molecule has 8 heteroatoms.